The molecule has 2 atom stereocenters. The van der Waals surface area contributed by atoms with E-state index in [-0.39, 0.29) is 17.7 Å². The molecule has 1 aromatic heterocycles. The van der Waals surface area contributed by atoms with Gasteiger partial charge in [-0.05, 0) is 48.4 Å². The minimum Gasteiger partial charge on any atom is -0.465 e. The van der Waals surface area contributed by atoms with Crippen LogP contribution in [0.5, 0.6) is 0 Å². The summed E-state index contributed by atoms with van der Waals surface area (Å²) in [7, 11) is 1.36. The highest BCUT2D eigenvalue weighted by Crippen LogP contribution is 2.49. The maximum atomic E-state index is 14.2. The molecule has 0 bridgehead atoms. The molecule has 0 saturated heterocycles. The fourth-order valence-corrected chi connectivity index (χ4v) is 4.17. The first-order valence-electron chi connectivity index (χ1n) is 10.4. The van der Waals surface area contributed by atoms with Crippen molar-refractivity contribution in [1.82, 2.24) is 10.2 Å². The number of halogens is 1. The number of carbonyl (C=O) groups excluding carboxylic acids is 1. The maximum absolute atomic E-state index is 14.2. The largest absolute Gasteiger partial charge is 0.465 e. The van der Waals surface area contributed by atoms with Crippen LogP contribution in [0.1, 0.15) is 46.9 Å². The predicted molar refractivity (Wildman–Crippen MR) is 120 cm³/mol. The molecular formula is C26H25FN2O3. The molecule has 0 N–H and O–H groups in total. The molecule has 1 aliphatic rings. The minimum absolute atomic E-state index is 0.0546. The number of nitrogens with zero attached hydrogens (tertiary/aromatic N) is 2. The Labute approximate surface area is 186 Å². The van der Waals surface area contributed by atoms with Crippen molar-refractivity contribution in [2.75, 3.05) is 13.7 Å². The molecule has 5 nitrogen and oxygen atoms in total. The van der Waals surface area contributed by atoms with E-state index < -0.39 is 5.41 Å². The van der Waals surface area contributed by atoms with E-state index in [1.54, 1.807) is 30.3 Å². The second-order valence-corrected chi connectivity index (χ2v) is 8.27. The number of hydrogen-bond acceptors (Lipinski definition) is 5. The molecule has 6 heteroatoms. The highest BCUT2D eigenvalue weighted by molar-refractivity contribution is 5.89. The van der Waals surface area contributed by atoms with Gasteiger partial charge in [-0.1, -0.05) is 43.3 Å². The van der Waals surface area contributed by atoms with Gasteiger partial charge in [-0.2, -0.15) is 10.2 Å². The van der Waals surface area contributed by atoms with Gasteiger partial charge in [0.1, 0.15) is 5.82 Å². The second-order valence-electron chi connectivity index (χ2n) is 8.27. The summed E-state index contributed by atoms with van der Waals surface area (Å²) < 4.78 is 25.0. The van der Waals surface area contributed by atoms with Crippen LogP contribution in [-0.2, 0) is 21.5 Å². The Hall–Kier alpha value is -3.38. The number of hydrogen-bond donors (Lipinski definition) is 0. The van der Waals surface area contributed by atoms with Gasteiger partial charge >= 0.3 is 5.97 Å². The fourth-order valence-electron chi connectivity index (χ4n) is 4.17. The molecule has 1 aliphatic carbocycles. The van der Waals surface area contributed by atoms with E-state index in [1.807, 2.05) is 18.2 Å². The van der Waals surface area contributed by atoms with Crippen LogP contribution < -0.4 is 0 Å². The molecule has 0 radical (unpaired) electrons. The number of benzene rings is 2. The van der Waals surface area contributed by atoms with Crippen molar-refractivity contribution >= 4 is 5.97 Å². The van der Waals surface area contributed by atoms with E-state index in [1.165, 1.54) is 13.2 Å². The first-order chi connectivity index (χ1) is 15.3. The van der Waals surface area contributed by atoms with Crippen LogP contribution in [0, 0.1) is 5.82 Å². The molecule has 3 aromatic rings. The molecule has 0 unspecified atom stereocenters. The fraction of sp³-hybridized carbons (Fsp3) is 0.269. The Morgan fingerprint density at radius 1 is 1.16 bits per heavy atom. The quantitative estimate of drug-likeness (QED) is 0.395. The zero-order chi connectivity index (χ0) is 22.9. The second kappa shape index (κ2) is 8.63. The van der Waals surface area contributed by atoms with Crippen molar-refractivity contribution in [3.05, 3.63) is 95.0 Å². The zero-order valence-electron chi connectivity index (χ0n) is 18.4. The van der Waals surface area contributed by atoms with Crippen molar-refractivity contribution < 1.29 is 18.7 Å². The lowest BCUT2D eigenvalue weighted by Gasteiger charge is -2.26. The third-order valence-electron chi connectivity index (χ3n) is 6.23. The predicted octanol–water partition coefficient (Wildman–Crippen LogP) is 5.22. The van der Waals surface area contributed by atoms with Crippen LogP contribution in [-0.4, -0.2) is 29.9 Å². The molecular weight excluding hydrogens is 407 g/mol. The average molecular weight is 432 g/mol. The number of fused-ring (bicyclic) bond motifs is 1. The smallest absolute Gasteiger partial charge is 0.337 e. The molecule has 0 saturated carbocycles. The van der Waals surface area contributed by atoms with Crippen molar-refractivity contribution in [3.63, 3.8) is 0 Å². The van der Waals surface area contributed by atoms with E-state index in [0.29, 0.717) is 30.0 Å². The normalized spacial score (nSPS) is 19.6. The van der Waals surface area contributed by atoms with E-state index in [9.17, 15) is 9.18 Å². The molecule has 4 rings (SSSR count). The Kier molecular flexibility index (Phi) is 5.89. The minimum atomic E-state index is -0.499. The molecule has 0 fully saturated rings. The summed E-state index contributed by atoms with van der Waals surface area (Å²) >= 11 is 0. The van der Waals surface area contributed by atoms with E-state index in [4.69, 9.17) is 9.47 Å². The summed E-state index contributed by atoms with van der Waals surface area (Å²) in [5.74, 6) is -0.638. The summed E-state index contributed by atoms with van der Waals surface area (Å²) in [5, 5.41) is 8.80. The maximum Gasteiger partial charge on any atom is 0.337 e. The number of rotatable bonds is 6. The van der Waals surface area contributed by atoms with Gasteiger partial charge in [0.2, 0.25) is 0 Å². The summed E-state index contributed by atoms with van der Waals surface area (Å²) in [6.45, 7) is 9.21. The van der Waals surface area contributed by atoms with E-state index >= 15 is 0 Å². The SMILES string of the molecule is C=C1[C@H](C)c2cc(-c3ccccc3F)nnc2[C@@]1(C)COCc1ccc(C(=O)OC)cc1. The van der Waals surface area contributed by atoms with Crippen molar-refractivity contribution in [2.24, 2.45) is 0 Å². The van der Waals surface area contributed by atoms with Crippen LogP contribution in [0.2, 0.25) is 0 Å². The first kappa shape index (κ1) is 21.8. The Bertz CT molecular complexity index is 1180. The lowest BCUT2D eigenvalue weighted by Crippen LogP contribution is -2.29. The average Bonchev–Trinajstić information content (AvgIpc) is 3.00. The van der Waals surface area contributed by atoms with Gasteiger partial charge in [-0.3, -0.25) is 0 Å². The van der Waals surface area contributed by atoms with Crippen LogP contribution >= 0.6 is 0 Å². The van der Waals surface area contributed by atoms with Gasteiger partial charge < -0.3 is 9.47 Å². The molecule has 2 aromatic carbocycles. The zero-order valence-corrected chi connectivity index (χ0v) is 18.4. The Morgan fingerprint density at radius 3 is 2.56 bits per heavy atom. The van der Waals surface area contributed by atoms with Crippen molar-refractivity contribution in [1.29, 1.82) is 0 Å². The van der Waals surface area contributed by atoms with Crippen molar-refractivity contribution in [3.8, 4) is 11.3 Å². The number of esters is 1. The Balaban J connectivity index is 1.52. The van der Waals surface area contributed by atoms with Crippen LogP contribution in [0.3, 0.4) is 0 Å². The lowest BCUT2D eigenvalue weighted by atomic mass is 9.83. The topological polar surface area (TPSA) is 61.3 Å². The third-order valence-corrected chi connectivity index (χ3v) is 6.23. The van der Waals surface area contributed by atoms with Gasteiger partial charge in [0.25, 0.3) is 0 Å². The molecule has 164 valence electrons. The van der Waals surface area contributed by atoms with Gasteiger partial charge in [-0.25, -0.2) is 9.18 Å². The van der Waals surface area contributed by atoms with Gasteiger partial charge in [0.15, 0.2) is 0 Å². The summed E-state index contributed by atoms with van der Waals surface area (Å²) in [6, 6.07) is 15.6. The molecule has 0 spiro atoms. The van der Waals surface area contributed by atoms with Gasteiger partial charge in [0, 0.05) is 11.5 Å². The molecule has 32 heavy (non-hydrogen) atoms. The highest BCUT2D eigenvalue weighted by atomic mass is 19.1. The van der Waals surface area contributed by atoms with Gasteiger partial charge in [0.05, 0.1) is 42.7 Å². The van der Waals surface area contributed by atoms with E-state index in [2.05, 4.69) is 30.6 Å². The van der Waals surface area contributed by atoms with E-state index in [0.717, 1.165) is 22.4 Å². The van der Waals surface area contributed by atoms with Crippen LogP contribution in [0.25, 0.3) is 11.3 Å². The van der Waals surface area contributed by atoms with Gasteiger partial charge in [-0.15, -0.1) is 0 Å². The summed E-state index contributed by atoms with van der Waals surface area (Å²) in [5.41, 5.74) is 4.69. The number of ether oxygens (including phenoxy) is 2. The monoisotopic (exact) mass is 432 g/mol. The highest BCUT2D eigenvalue weighted by Gasteiger charge is 2.44. The molecule has 0 amide bonds. The first-order valence-corrected chi connectivity index (χ1v) is 10.4. The standard InChI is InChI=1S/C26H25FN2O3/c1-16-17(2)26(3,15-32-14-18-9-11-19(12-10-18)25(30)31-4)24-21(16)13-23(28-29-24)20-7-5-6-8-22(20)27/h5-13,16H,2,14-15H2,1,3-4H3/t16-,26-/m0/s1. The summed E-state index contributed by atoms with van der Waals surface area (Å²) in [4.78, 5) is 11.6. The number of carbonyl (C=O) groups is 1. The summed E-state index contributed by atoms with van der Waals surface area (Å²) in [6.07, 6.45) is 0. The van der Waals surface area contributed by atoms with Crippen LogP contribution in [0.4, 0.5) is 4.39 Å². The third kappa shape index (κ3) is 3.82. The van der Waals surface area contributed by atoms with Crippen LogP contribution in [0.15, 0.2) is 66.7 Å². The number of aromatic nitrogens is 2. The molecule has 1 heterocycles. The Morgan fingerprint density at radius 2 is 1.88 bits per heavy atom. The number of methoxy groups -OCH3 is 1. The lowest BCUT2D eigenvalue weighted by molar-refractivity contribution is 0.0600. The molecule has 0 aliphatic heterocycles. The van der Waals surface area contributed by atoms with Crippen molar-refractivity contribution in [2.45, 2.75) is 31.8 Å².